The lowest BCUT2D eigenvalue weighted by Crippen LogP contribution is -2.44. The Balaban J connectivity index is 1.88. The summed E-state index contributed by atoms with van der Waals surface area (Å²) in [6.45, 7) is 5.44. The van der Waals surface area contributed by atoms with Gasteiger partial charge < -0.3 is 14.5 Å². The van der Waals surface area contributed by atoms with E-state index in [4.69, 9.17) is 16.3 Å². The van der Waals surface area contributed by atoms with Gasteiger partial charge in [0, 0.05) is 31.2 Å². The van der Waals surface area contributed by atoms with Crippen molar-refractivity contribution >= 4 is 33.0 Å². The Hall–Kier alpha value is -1.96. The van der Waals surface area contributed by atoms with Gasteiger partial charge in [0.15, 0.2) is 0 Å². The quantitative estimate of drug-likeness (QED) is 0.821. The molecule has 2 aromatic carbocycles. The van der Waals surface area contributed by atoms with Crippen molar-refractivity contribution in [1.29, 1.82) is 0 Å². The second-order valence-corrected chi connectivity index (χ2v) is 8.78. The second-order valence-electron chi connectivity index (χ2n) is 6.69. The Labute approximate surface area is 165 Å². The number of anilines is 2. The molecule has 6 nitrogen and oxygen atoms in total. The van der Waals surface area contributed by atoms with Crippen LogP contribution in [-0.4, -0.2) is 53.7 Å². The van der Waals surface area contributed by atoms with Crippen LogP contribution in [0, 0.1) is 6.92 Å². The summed E-state index contributed by atoms with van der Waals surface area (Å²) >= 11 is 6.08. The van der Waals surface area contributed by atoms with Crippen molar-refractivity contribution in [1.82, 2.24) is 4.90 Å². The average Bonchev–Trinajstić information content (AvgIpc) is 2.64. The van der Waals surface area contributed by atoms with Crippen LogP contribution in [0.2, 0.25) is 5.02 Å². The fraction of sp³-hybridized carbons (Fsp3) is 0.368. The average molecular weight is 410 g/mol. The molecule has 0 spiro atoms. The van der Waals surface area contributed by atoms with Gasteiger partial charge in [0.1, 0.15) is 5.75 Å². The Kier molecular flexibility index (Phi) is 5.83. The molecule has 0 atom stereocenters. The molecule has 2 aromatic rings. The maximum atomic E-state index is 12.7. The number of ether oxygens (including phenoxy) is 1. The summed E-state index contributed by atoms with van der Waals surface area (Å²) in [5, 5.41) is 0.422. The van der Waals surface area contributed by atoms with E-state index in [1.807, 2.05) is 13.0 Å². The highest BCUT2D eigenvalue weighted by molar-refractivity contribution is 7.92. The lowest BCUT2D eigenvalue weighted by Gasteiger charge is -2.35. The molecule has 8 heteroatoms. The SMILES string of the molecule is COc1ccc(NS(=O)(=O)c2ccc(C)c(Cl)c2)cc1N1CCN(C)CC1. The third-order valence-electron chi connectivity index (χ3n) is 4.73. The highest BCUT2D eigenvalue weighted by atomic mass is 35.5. The number of aryl methyl sites for hydroxylation is 1. The summed E-state index contributed by atoms with van der Waals surface area (Å²) in [6.07, 6.45) is 0. The van der Waals surface area contributed by atoms with Crippen LogP contribution < -0.4 is 14.4 Å². The molecule has 3 rings (SSSR count). The van der Waals surface area contributed by atoms with Crippen LogP contribution in [0.4, 0.5) is 11.4 Å². The highest BCUT2D eigenvalue weighted by Crippen LogP contribution is 2.33. The molecule has 0 radical (unpaired) electrons. The molecule has 0 aliphatic carbocycles. The highest BCUT2D eigenvalue weighted by Gasteiger charge is 2.20. The van der Waals surface area contributed by atoms with Crippen molar-refractivity contribution in [3.8, 4) is 5.75 Å². The molecule has 146 valence electrons. The first-order chi connectivity index (χ1) is 12.8. The van der Waals surface area contributed by atoms with Gasteiger partial charge in [-0.3, -0.25) is 4.72 Å². The number of benzene rings is 2. The first-order valence-corrected chi connectivity index (χ1v) is 10.6. The molecule has 0 bridgehead atoms. The van der Waals surface area contributed by atoms with Gasteiger partial charge in [0.25, 0.3) is 10.0 Å². The van der Waals surface area contributed by atoms with Crippen LogP contribution in [0.3, 0.4) is 0 Å². The van der Waals surface area contributed by atoms with Crippen LogP contribution in [0.25, 0.3) is 0 Å². The molecular weight excluding hydrogens is 386 g/mol. The smallest absolute Gasteiger partial charge is 0.261 e. The maximum Gasteiger partial charge on any atom is 0.261 e. The van der Waals surface area contributed by atoms with E-state index in [1.165, 1.54) is 6.07 Å². The molecule has 0 amide bonds. The van der Waals surface area contributed by atoms with Crippen molar-refractivity contribution in [3.05, 3.63) is 47.0 Å². The zero-order valence-corrected chi connectivity index (χ0v) is 17.3. The summed E-state index contributed by atoms with van der Waals surface area (Å²) in [6, 6.07) is 10.0. The largest absolute Gasteiger partial charge is 0.495 e. The van der Waals surface area contributed by atoms with E-state index in [9.17, 15) is 8.42 Å². The van der Waals surface area contributed by atoms with Gasteiger partial charge in [-0.05, 0) is 49.9 Å². The van der Waals surface area contributed by atoms with E-state index in [2.05, 4.69) is 21.6 Å². The number of hydrogen-bond donors (Lipinski definition) is 1. The molecule has 0 unspecified atom stereocenters. The number of nitrogens with zero attached hydrogens (tertiary/aromatic N) is 2. The van der Waals surface area contributed by atoms with Crippen LogP contribution in [-0.2, 0) is 10.0 Å². The molecular formula is C19H24ClN3O3S. The van der Waals surface area contributed by atoms with Gasteiger partial charge in [0.05, 0.1) is 23.4 Å². The molecule has 0 aromatic heterocycles. The van der Waals surface area contributed by atoms with Crippen LogP contribution in [0.5, 0.6) is 5.75 Å². The summed E-state index contributed by atoms with van der Waals surface area (Å²) < 4.78 is 33.6. The van der Waals surface area contributed by atoms with E-state index in [0.717, 1.165) is 43.2 Å². The first kappa shape index (κ1) is 19.8. The predicted octanol–water partition coefficient (Wildman–Crippen LogP) is 3.21. The van der Waals surface area contributed by atoms with Crippen LogP contribution >= 0.6 is 11.6 Å². The molecule has 1 N–H and O–H groups in total. The first-order valence-electron chi connectivity index (χ1n) is 8.70. The number of hydrogen-bond acceptors (Lipinski definition) is 5. The number of nitrogens with one attached hydrogen (secondary N) is 1. The molecule has 0 saturated carbocycles. The molecule has 1 saturated heterocycles. The van der Waals surface area contributed by atoms with Crippen LogP contribution in [0.15, 0.2) is 41.3 Å². The monoisotopic (exact) mass is 409 g/mol. The zero-order valence-electron chi connectivity index (χ0n) is 15.7. The number of sulfonamides is 1. The number of likely N-dealkylation sites (N-methyl/N-ethyl adjacent to an activating group) is 1. The zero-order chi connectivity index (χ0) is 19.6. The molecule has 1 heterocycles. The van der Waals surface area contributed by atoms with Gasteiger partial charge in [-0.15, -0.1) is 0 Å². The van der Waals surface area contributed by atoms with Crippen molar-refractivity contribution in [2.45, 2.75) is 11.8 Å². The fourth-order valence-electron chi connectivity index (χ4n) is 3.00. The van der Waals surface area contributed by atoms with Gasteiger partial charge in [-0.2, -0.15) is 0 Å². The van der Waals surface area contributed by atoms with Crippen molar-refractivity contribution in [3.63, 3.8) is 0 Å². The number of rotatable bonds is 5. The van der Waals surface area contributed by atoms with Gasteiger partial charge in [-0.25, -0.2) is 8.42 Å². The van der Waals surface area contributed by atoms with Crippen molar-refractivity contribution in [2.75, 3.05) is 50.0 Å². The van der Waals surface area contributed by atoms with E-state index >= 15 is 0 Å². The predicted molar refractivity (Wildman–Crippen MR) is 110 cm³/mol. The minimum absolute atomic E-state index is 0.134. The minimum atomic E-state index is -3.73. The van der Waals surface area contributed by atoms with Crippen molar-refractivity contribution < 1.29 is 13.2 Å². The number of methoxy groups -OCH3 is 1. The Morgan fingerprint density at radius 3 is 2.41 bits per heavy atom. The van der Waals surface area contributed by atoms with Gasteiger partial charge >= 0.3 is 0 Å². The van der Waals surface area contributed by atoms with E-state index < -0.39 is 10.0 Å². The molecule has 27 heavy (non-hydrogen) atoms. The van der Waals surface area contributed by atoms with Crippen LogP contribution in [0.1, 0.15) is 5.56 Å². The Morgan fingerprint density at radius 2 is 1.78 bits per heavy atom. The molecule has 1 aliphatic heterocycles. The summed E-state index contributed by atoms with van der Waals surface area (Å²) in [5.41, 5.74) is 2.20. The maximum absolute atomic E-state index is 12.7. The molecule has 1 aliphatic rings. The van der Waals surface area contributed by atoms with Gasteiger partial charge in [-0.1, -0.05) is 17.7 Å². The lowest BCUT2D eigenvalue weighted by atomic mass is 10.2. The third kappa shape index (κ3) is 4.48. The van der Waals surface area contributed by atoms with E-state index in [1.54, 1.807) is 31.4 Å². The van der Waals surface area contributed by atoms with Gasteiger partial charge in [0.2, 0.25) is 0 Å². The fourth-order valence-corrected chi connectivity index (χ4v) is 4.32. The van der Waals surface area contributed by atoms with E-state index in [0.29, 0.717) is 10.7 Å². The normalized spacial score (nSPS) is 15.6. The number of piperazine rings is 1. The standard InChI is InChI=1S/C19H24ClN3O3S/c1-14-4-6-16(13-17(14)20)27(24,25)21-15-5-7-19(26-3)18(12-15)23-10-8-22(2)9-11-23/h4-7,12-13,21H,8-11H2,1-3H3. The Bertz CT molecular complexity index is 926. The second kappa shape index (κ2) is 7.96. The van der Waals surface area contributed by atoms with Crippen molar-refractivity contribution in [2.24, 2.45) is 0 Å². The number of halogens is 1. The van der Waals surface area contributed by atoms with E-state index in [-0.39, 0.29) is 4.90 Å². The Morgan fingerprint density at radius 1 is 1.07 bits per heavy atom. The summed E-state index contributed by atoms with van der Waals surface area (Å²) in [7, 11) is -0.0232. The lowest BCUT2D eigenvalue weighted by molar-refractivity contribution is 0.311. The summed E-state index contributed by atoms with van der Waals surface area (Å²) in [4.78, 5) is 4.60. The topological polar surface area (TPSA) is 61.9 Å². The third-order valence-corrected chi connectivity index (χ3v) is 6.51. The minimum Gasteiger partial charge on any atom is -0.495 e. The summed E-state index contributed by atoms with van der Waals surface area (Å²) in [5.74, 6) is 0.723. The molecule has 1 fully saturated rings.